The zero-order valence-corrected chi connectivity index (χ0v) is 8.53. The van der Waals surface area contributed by atoms with Gasteiger partial charge in [-0.2, -0.15) is 0 Å². The molecule has 0 aliphatic carbocycles. The van der Waals surface area contributed by atoms with Crippen LogP contribution in [0, 0.1) is 0 Å². The minimum absolute atomic E-state index is 0.523. The third kappa shape index (κ3) is 1.09. The Bertz CT molecular complexity index is 660. The summed E-state index contributed by atoms with van der Waals surface area (Å²) in [5.74, 6) is 0. The number of nitrogens with zero attached hydrogens (tertiary/aromatic N) is 3. The Morgan fingerprint density at radius 2 is 2.07 bits per heavy atom. The molecule has 0 aliphatic heterocycles. The highest BCUT2D eigenvalue weighted by Crippen LogP contribution is 2.36. The Morgan fingerprint density at radius 3 is 2.93 bits per heavy atom. The number of fused-ring (bicyclic) bond motifs is 3. The molecule has 15 heavy (non-hydrogen) atoms. The predicted molar refractivity (Wildman–Crippen MR) is 61.9 cm³/mol. The van der Waals surface area contributed by atoms with Gasteiger partial charge in [-0.1, -0.05) is 0 Å². The van der Waals surface area contributed by atoms with Crippen molar-refractivity contribution in [3.8, 4) is 0 Å². The fourth-order valence-electron chi connectivity index (χ4n) is 1.60. The Hall–Kier alpha value is -1.79. The molecule has 0 amide bonds. The Balaban J connectivity index is 2.64. The summed E-state index contributed by atoms with van der Waals surface area (Å²) in [7, 11) is -0.523. The lowest BCUT2D eigenvalue weighted by atomic mass is 10.3. The van der Waals surface area contributed by atoms with Crippen molar-refractivity contribution in [3.05, 3.63) is 24.8 Å². The lowest BCUT2D eigenvalue weighted by Crippen LogP contribution is -1.86. The zero-order valence-electron chi connectivity index (χ0n) is 7.71. The molecule has 3 heterocycles. The Morgan fingerprint density at radius 1 is 1.20 bits per heavy atom. The van der Waals surface area contributed by atoms with Gasteiger partial charge in [-0.15, -0.1) is 5.14 Å². The van der Waals surface area contributed by atoms with E-state index in [1.165, 1.54) is 6.33 Å². The average molecular weight is 218 g/mol. The van der Waals surface area contributed by atoms with Gasteiger partial charge in [-0.25, -0.2) is 15.0 Å². The standard InChI is InChI=1S/C9H8N5S/c10-5-1-6-8-7(3-12-4-14-8)15(11)9(6)13-2-5/h1-4H,10-11H2/q+1. The number of aromatic nitrogens is 3. The van der Waals surface area contributed by atoms with Gasteiger partial charge in [0.25, 0.3) is 4.83 Å². The van der Waals surface area contributed by atoms with Crippen molar-refractivity contribution < 1.29 is 0 Å². The van der Waals surface area contributed by atoms with Crippen molar-refractivity contribution in [1.29, 1.82) is 0 Å². The summed E-state index contributed by atoms with van der Waals surface area (Å²) in [6.45, 7) is 0. The largest absolute Gasteiger partial charge is 0.397 e. The minimum Gasteiger partial charge on any atom is -0.397 e. The van der Waals surface area contributed by atoms with Crippen molar-refractivity contribution in [3.63, 3.8) is 0 Å². The first-order chi connectivity index (χ1) is 7.27. The number of rotatable bonds is 0. The Kier molecular flexibility index (Phi) is 1.62. The van der Waals surface area contributed by atoms with Gasteiger partial charge in [-0.05, 0) is 6.07 Å². The predicted octanol–water partition coefficient (Wildman–Crippen LogP) is 1.22. The molecular formula is C9H8N5S+. The van der Waals surface area contributed by atoms with Crippen LogP contribution >= 0.6 is 10.7 Å². The molecule has 5 nitrogen and oxygen atoms in total. The van der Waals surface area contributed by atoms with E-state index in [9.17, 15) is 0 Å². The maximum atomic E-state index is 6.05. The van der Waals surface area contributed by atoms with Crippen LogP contribution in [-0.2, 0) is 0 Å². The highest BCUT2D eigenvalue weighted by Gasteiger charge is 2.21. The summed E-state index contributed by atoms with van der Waals surface area (Å²) in [4.78, 5) is 13.3. The summed E-state index contributed by atoms with van der Waals surface area (Å²) >= 11 is 0. The van der Waals surface area contributed by atoms with Crippen LogP contribution in [0.1, 0.15) is 0 Å². The molecule has 0 aliphatic rings. The van der Waals surface area contributed by atoms with Crippen LogP contribution in [-0.4, -0.2) is 15.0 Å². The van der Waals surface area contributed by atoms with Gasteiger partial charge in [0.05, 0.1) is 23.5 Å². The topological polar surface area (TPSA) is 90.7 Å². The molecule has 0 bridgehead atoms. The van der Waals surface area contributed by atoms with E-state index in [0.717, 1.165) is 20.4 Å². The molecule has 6 heteroatoms. The number of nitrogens with two attached hydrogens (primary N) is 2. The number of hydrogen-bond acceptors (Lipinski definition) is 5. The fraction of sp³-hybridized carbons (Fsp3) is 0. The zero-order chi connectivity index (χ0) is 10.4. The molecule has 0 saturated heterocycles. The first-order valence-corrected chi connectivity index (χ1v) is 5.61. The van der Waals surface area contributed by atoms with Crippen LogP contribution < -0.4 is 10.9 Å². The van der Waals surface area contributed by atoms with Crippen molar-refractivity contribution in [2.24, 2.45) is 0 Å². The molecule has 0 fully saturated rings. The molecule has 0 saturated carbocycles. The molecule has 0 aromatic carbocycles. The van der Waals surface area contributed by atoms with Crippen molar-refractivity contribution in [2.45, 2.75) is 0 Å². The van der Waals surface area contributed by atoms with Crippen molar-refractivity contribution >= 4 is 36.8 Å². The normalized spacial score (nSPS) is 12.5. The van der Waals surface area contributed by atoms with Gasteiger partial charge in [-0.3, -0.25) is 0 Å². The van der Waals surface area contributed by atoms with E-state index >= 15 is 0 Å². The SMILES string of the molecule is Nc1cnc2c(c1)c1ncncc1[s+]2N. The lowest BCUT2D eigenvalue weighted by Gasteiger charge is -1.88. The van der Waals surface area contributed by atoms with Gasteiger partial charge < -0.3 is 5.73 Å². The van der Waals surface area contributed by atoms with Crippen LogP contribution in [0.5, 0.6) is 0 Å². The minimum atomic E-state index is -0.523. The molecular weight excluding hydrogens is 210 g/mol. The number of thiophene rings is 1. The fourth-order valence-corrected chi connectivity index (χ4v) is 2.91. The second kappa shape index (κ2) is 2.85. The summed E-state index contributed by atoms with van der Waals surface area (Å²) in [6, 6.07) is 1.86. The molecule has 0 spiro atoms. The Labute approximate surface area is 87.9 Å². The molecule has 74 valence electrons. The van der Waals surface area contributed by atoms with Crippen LogP contribution in [0.25, 0.3) is 20.4 Å². The molecule has 3 aromatic heterocycles. The molecule has 3 aromatic rings. The van der Waals surface area contributed by atoms with E-state index in [-0.39, 0.29) is 0 Å². The highest BCUT2D eigenvalue weighted by atomic mass is 32.2. The van der Waals surface area contributed by atoms with Crippen molar-refractivity contribution in [2.75, 3.05) is 10.9 Å². The number of anilines is 1. The molecule has 1 atom stereocenters. The van der Waals surface area contributed by atoms with E-state index in [1.54, 1.807) is 12.4 Å². The van der Waals surface area contributed by atoms with Gasteiger partial charge in [0, 0.05) is 0 Å². The molecule has 3 rings (SSSR count). The third-order valence-electron chi connectivity index (χ3n) is 2.25. The maximum Gasteiger partial charge on any atom is 0.297 e. The van der Waals surface area contributed by atoms with Crippen LogP contribution in [0.3, 0.4) is 0 Å². The summed E-state index contributed by atoms with van der Waals surface area (Å²) in [5, 5.41) is 6.98. The van der Waals surface area contributed by atoms with Gasteiger partial charge >= 0.3 is 0 Å². The monoisotopic (exact) mass is 218 g/mol. The second-order valence-corrected chi connectivity index (χ2v) is 4.70. The van der Waals surface area contributed by atoms with Crippen LogP contribution in [0.2, 0.25) is 0 Å². The van der Waals surface area contributed by atoms with Gasteiger partial charge in [0.1, 0.15) is 22.5 Å². The quantitative estimate of drug-likeness (QED) is 0.554. The second-order valence-electron chi connectivity index (χ2n) is 3.19. The van der Waals surface area contributed by atoms with E-state index < -0.39 is 10.7 Å². The number of pyridine rings is 1. The maximum absolute atomic E-state index is 6.05. The smallest absolute Gasteiger partial charge is 0.297 e. The summed E-state index contributed by atoms with van der Waals surface area (Å²) < 4.78 is 0.936. The van der Waals surface area contributed by atoms with Crippen LogP contribution in [0.4, 0.5) is 5.69 Å². The first-order valence-electron chi connectivity index (χ1n) is 4.32. The first kappa shape index (κ1) is 8.51. The van der Waals surface area contributed by atoms with E-state index in [0.29, 0.717) is 5.69 Å². The van der Waals surface area contributed by atoms with Gasteiger partial charge in [0.2, 0.25) is 4.70 Å². The van der Waals surface area contributed by atoms with E-state index in [2.05, 4.69) is 15.0 Å². The van der Waals surface area contributed by atoms with Gasteiger partial charge in [0.15, 0.2) is 0 Å². The van der Waals surface area contributed by atoms with E-state index in [1.807, 2.05) is 6.07 Å². The molecule has 4 N–H and O–H groups in total. The summed E-state index contributed by atoms with van der Waals surface area (Å²) in [5.41, 5.74) is 7.16. The molecule has 0 radical (unpaired) electrons. The number of nitrogen functional groups attached to an aromatic ring is 2. The highest BCUT2D eigenvalue weighted by molar-refractivity contribution is 7.42. The average Bonchev–Trinajstić information content (AvgIpc) is 2.54. The number of hydrogen-bond donors (Lipinski definition) is 2. The van der Waals surface area contributed by atoms with Crippen molar-refractivity contribution in [1.82, 2.24) is 15.0 Å². The van der Waals surface area contributed by atoms with E-state index in [4.69, 9.17) is 10.9 Å². The summed E-state index contributed by atoms with van der Waals surface area (Å²) in [6.07, 6.45) is 4.86. The third-order valence-corrected chi connectivity index (χ3v) is 3.77. The lowest BCUT2D eigenvalue weighted by molar-refractivity contribution is 1.23. The van der Waals surface area contributed by atoms with Crippen LogP contribution in [0.15, 0.2) is 24.8 Å². The molecule has 1 unspecified atom stereocenters.